The molecule has 2 unspecified atom stereocenters. The summed E-state index contributed by atoms with van der Waals surface area (Å²) in [7, 11) is 1.43. The fourth-order valence-electron chi connectivity index (χ4n) is 2.48. The van der Waals surface area contributed by atoms with Crippen LogP contribution in [0.4, 0.5) is 4.39 Å². The number of benzene rings is 1. The summed E-state index contributed by atoms with van der Waals surface area (Å²) in [5.74, 6) is -0.258. The van der Waals surface area contributed by atoms with Crippen molar-refractivity contribution in [3.63, 3.8) is 0 Å². The van der Waals surface area contributed by atoms with Crippen molar-refractivity contribution in [3.05, 3.63) is 29.6 Å². The lowest BCUT2D eigenvalue weighted by atomic mass is 9.98. The second kappa shape index (κ2) is 5.79. The number of carbonyl (C=O) groups excluding carboxylic acids is 1. The lowest BCUT2D eigenvalue weighted by Crippen LogP contribution is -2.51. The molecule has 1 aromatic rings. The topological polar surface area (TPSA) is 50.4 Å². The first-order valence-electron chi connectivity index (χ1n) is 6.86. The average molecular weight is 280 g/mol. The van der Waals surface area contributed by atoms with Gasteiger partial charge < -0.3 is 15.4 Å². The van der Waals surface area contributed by atoms with Crippen LogP contribution >= 0.6 is 0 Å². The lowest BCUT2D eigenvalue weighted by molar-refractivity contribution is -0.127. The molecule has 2 atom stereocenters. The van der Waals surface area contributed by atoms with Crippen molar-refractivity contribution in [3.8, 4) is 5.75 Å². The molecule has 1 heterocycles. The minimum Gasteiger partial charge on any atom is -0.494 e. The fourth-order valence-corrected chi connectivity index (χ4v) is 2.48. The molecule has 1 aliphatic heterocycles. The summed E-state index contributed by atoms with van der Waals surface area (Å²) >= 11 is 0. The van der Waals surface area contributed by atoms with Crippen LogP contribution in [0, 0.1) is 5.82 Å². The summed E-state index contributed by atoms with van der Waals surface area (Å²) in [5, 5.41) is 6.15. The van der Waals surface area contributed by atoms with Crippen LogP contribution in [0.5, 0.6) is 5.75 Å². The van der Waals surface area contributed by atoms with E-state index in [1.54, 1.807) is 12.1 Å². The van der Waals surface area contributed by atoms with E-state index in [-0.39, 0.29) is 17.7 Å². The van der Waals surface area contributed by atoms with Gasteiger partial charge in [0.1, 0.15) is 0 Å². The van der Waals surface area contributed by atoms with Gasteiger partial charge in [-0.3, -0.25) is 4.79 Å². The molecule has 5 heteroatoms. The van der Waals surface area contributed by atoms with Gasteiger partial charge in [-0.25, -0.2) is 4.39 Å². The molecule has 0 aliphatic carbocycles. The Kier molecular flexibility index (Phi) is 4.28. The summed E-state index contributed by atoms with van der Waals surface area (Å²) in [5.41, 5.74) is 0.206. The van der Waals surface area contributed by atoms with Gasteiger partial charge in [-0.2, -0.15) is 0 Å². The number of hydrogen-bond donors (Lipinski definition) is 2. The third kappa shape index (κ3) is 2.93. The number of rotatable bonds is 4. The molecular formula is C15H21FN2O2. The minimum atomic E-state index is -0.515. The largest absolute Gasteiger partial charge is 0.494 e. The van der Waals surface area contributed by atoms with Crippen LogP contribution in [0.15, 0.2) is 18.2 Å². The third-order valence-corrected chi connectivity index (χ3v) is 3.89. The van der Waals surface area contributed by atoms with Crippen LogP contribution in [0.25, 0.3) is 0 Å². The normalized spacial score (nSPS) is 23.4. The predicted octanol–water partition coefficient (Wildman–Crippen LogP) is 2.15. The quantitative estimate of drug-likeness (QED) is 0.888. The molecule has 20 heavy (non-hydrogen) atoms. The Labute approximate surface area is 118 Å². The molecule has 1 saturated heterocycles. The second-order valence-electron chi connectivity index (χ2n) is 5.45. The van der Waals surface area contributed by atoms with E-state index in [2.05, 4.69) is 10.6 Å². The maximum Gasteiger partial charge on any atom is 0.240 e. The first-order valence-corrected chi connectivity index (χ1v) is 6.86. The molecule has 0 radical (unpaired) electrons. The Hall–Kier alpha value is -1.62. The van der Waals surface area contributed by atoms with Gasteiger partial charge in [0, 0.05) is 0 Å². The van der Waals surface area contributed by atoms with E-state index < -0.39 is 11.4 Å². The van der Waals surface area contributed by atoms with E-state index in [0.717, 1.165) is 24.9 Å². The highest BCUT2D eigenvalue weighted by atomic mass is 19.1. The van der Waals surface area contributed by atoms with Crippen LogP contribution in [0.3, 0.4) is 0 Å². The third-order valence-electron chi connectivity index (χ3n) is 3.89. The van der Waals surface area contributed by atoms with Gasteiger partial charge in [-0.1, -0.05) is 6.07 Å². The number of methoxy groups -OCH3 is 1. The Morgan fingerprint density at radius 1 is 1.55 bits per heavy atom. The van der Waals surface area contributed by atoms with E-state index in [4.69, 9.17) is 4.74 Å². The molecule has 4 nitrogen and oxygen atoms in total. The molecule has 0 saturated carbocycles. The Morgan fingerprint density at radius 3 is 2.85 bits per heavy atom. The van der Waals surface area contributed by atoms with E-state index in [1.807, 2.05) is 13.8 Å². The first-order chi connectivity index (χ1) is 9.46. The van der Waals surface area contributed by atoms with E-state index >= 15 is 0 Å². The van der Waals surface area contributed by atoms with Crippen LogP contribution in [0.1, 0.15) is 38.3 Å². The van der Waals surface area contributed by atoms with Gasteiger partial charge in [-0.05, 0) is 50.9 Å². The molecule has 1 amide bonds. The monoisotopic (exact) mass is 280 g/mol. The molecule has 1 aliphatic rings. The van der Waals surface area contributed by atoms with Gasteiger partial charge >= 0.3 is 0 Å². The summed E-state index contributed by atoms with van der Waals surface area (Å²) in [6.45, 7) is 4.60. The Bertz CT molecular complexity index is 499. The van der Waals surface area contributed by atoms with E-state index in [1.165, 1.54) is 13.2 Å². The number of amides is 1. The molecule has 0 spiro atoms. The molecule has 0 bridgehead atoms. The SMILES string of the molecule is COc1ccc(C(C)NC(=O)C2(C)CCCN2)cc1F. The predicted molar refractivity (Wildman–Crippen MR) is 75.2 cm³/mol. The smallest absolute Gasteiger partial charge is 0.240 e. The molecular weight excluding hydrogens is 259 g/mol. The van der Waals surface area contributed by atoms with E-state index in [9.17, 15) is 9.18 Å². The molecule has 0 aromatic heterocycles. The van der Waals surface area contributed by atoms with Crippen molar-refractivity contribution in [2.45, 2.75) is 38.3 Å². The number of nitrogens with one attached hydrogen (secondary N) is 2. The number of hydrogen-bond acceptors (Lipinski definition) is 3. The van der Waals surface area contributed by atoms with Gasteiger partial charge in [-0.15, -0.1) is 0 Å². The number of carbonyl (C=O) groups is 1. The molecule has 110 valence electrons. The zero-order valence-corrected chi connectivity index (χ0v) is 12.1. The fraction of sp³-hybridized carbons (Fsp3) is 0.533. The molecule has 1 aromatic carbocycles. The first kappa shape index (κ1) is 14.8. The van der Waals surface area contributed by atoms with Crippen molar-refractivity contribution in [2.75, 3.05) is 13.7 Å². The lowest BCUT2D eigenvalue weighted by Gasteiger charge is -2.26. The van der Waals surface area contributed by atoms with Gasteiger partial charge in [0.15, 0.2) is 11.6 Å². The summed E-state index contributed by atoms with van der Waals surface area (Å²) < 4.78 is 18.6. The summed E-state index contributed by atoms with van der Waals surface area (Å²) in [4.78, 5) is 12.3. The molecule has 2 N–H and O–H groups in total. The van der Waals surface area contributed by atoms with Crippen molar-refractivity contribution in [1.82, 2.24) is 10.6 Å². The highest BCUT2D eigenvalue weighted by molar-refractivity contribution is 5.86. The Morgan fingerprint density at radius 2 is 2.30 bits per heavy atom. The highest BCUT2D eigenvalue weighted by Crippen LogP contribution is 2.24. The zero-order chi connectivity index (χ0) is 14.8. The molecule has 1 fully saturated rings. The number of ether oxygens (including phenoxy) is 1. The van der Waals surface area contributed by atoms with Crippen LogP contribution in [-0.4, -0.2) is 25.1 Å². The van der Waals surface area contributed by atoms with Crippen molar-refractivity contribution in [2.24, 2.45) is 0 Å². The number of halogens is 1. The maximum atomic E-state index is 13.7. The van der Waals surface area contributed by atoms with Crippen LogP contribution < -0.4 is 15.4 Å². The maximum absolute atomic E-state index is 13.7. The van der Waals surface area contributed by atoms with Gasteiger partial charge in [0.05, 0.1) is 18.7 Å². The van der Waals surface area contributed by atoms with Crippen LogP contribution in [0.2, 0.25) is 0 Å². The van der Waals surface area contributed by atoms with Crippen molar-refractivity contribution in [1.29, 1.82) is 0 Å². The van der Waals surface area contributed by atoms with Gasteiger partial charge in [0.25, 0.3) is 0 Å². The Balaban J connectivity index is 2.06. The summed E-state index contributed by atoms with van der Waals surface area (Å²) in [6, 6.07) is 4.48. The highest BCUT2D eigenvalue weighted by Gasteiger charge is 2.36. The van der Waals surface area contributed by atoms with Crippen LogP contribution in [-0.2, 0) is 4.79 Å². The summed E-state index contributed by atoms with van der Waals surface area (Å²) in [6.07, 6.45) is 1.82. The standard InChI is InChI=1S/C15H21FN2O2/c1-10(11-5-6-13(20-3)12(16)9-11)18-14(19)15(2)7-4-8-17-15/h5-6,9-10,17H,4,7-8H2,1-3H3,(H,18,19). The van der Waals surface area contributed by atoms with Crippen molar-refractivity contribution >= 4 is 5.91 Å². The van der Waals surface area contributed by atoms with Crippen molar-refractivity contribution < 1.29 is 13.9 Å². The minimum absolute atomic E-state index is 0.0428. The van der Waals surface area contributed by atoms with Gasteiger partial charge in [0.2, 0.25) is 5.91 Å². The van der Waals surface area contributed by atoms with E-state index in [0.29, 0.717) is 0 Å². The second-order valence-corrected chi connectivity index (χ2v) is 5.45. The molecule has 2 rings (SSSR count). The average Bonchev–Trinajstić information content (AvgIpc) is 2.87. The zero-order valence-electron chi connectivity index (χ0n) is 12.1.